The lowest BCUT2D eigenvalue weighted by atomic mass is 10.0. The van der Waals surface area contributed by atoms with Crippen molar-refractivity contribution in [3.8, 4) is 0 Å². The van der Waals surface area contributed by atoms with Crippen LogP contribution in [0, 0.1) is 0 Å². The van der Waals surface area contributed by atoms with Crippen LogP contribution in [0.5, 0.6) is 0 Å². The van der Waals surface area contributed by atoms with Gasteiger partial charge in [-0.3, -0.25) is 9.59 Å². The summed E-state index contributed by atoms with van der Waals surface area (Å²) in [5.74, 6) is -0.211. The van der Waals surface area contributed by atoms with Gasteiger partial charge in [0.1, 0.15) is 5.69 Å². The van der Waals surface area contributed by atoms with Crippen molar-refractivity contribution < 1.29 is 9.59 Å². The number of Topliss-reactive ketones (excluding diaryl/α,β-unsaturated/α-hetero) is 1. The van der Waals surface area contributed by atoms with E-state index in [0.717, 1.165) is 17.7 Å². The minimum absolute atomic E-state index is 0.0683. The molecule has 1 amide bonds. The summed E-state index contributed by atoms with van der Waals surface area (Å²) in [5, 5.41) is 3.08. The third-order valence-corrected chi connectivity index (χ3v) is 3.44. The summed E-state index contributed by atoms with van der Waals surface area (Å²) in [4.78, 5) is 28.0. The van der Waals surface area contributed by atoms with Crippen molar-refractivity contribution in [1.29, 1.82) is 0 Å². The summed E-state index contributed by atoms with van der Waals surface area (Å²) in [7, 11) is 0. The maximum Gasteiger partial charge on any atom is 0.242 e. The van der Waals surface area contributed by atoms with Crippen molar-refractivity contribution in [2.75, 3.05) is 5.32 Å². The summed E-state index contributed by atoms with van der Waals surface area (Å²) in [6.45, 7) is 1.61. The molecule has 0 saturated heterocycles. The van der Waals surface area contributed by atoms with Gasteiger partial charge in [-0.15, -0.1) is 11.3 Å². The molecule has 2 rings (SSSR count). The number of nitrogens with zero attached hydrogens (tertiary/aromatic N) is 1. The largest absolute Gasteiger partial charge is 0.320 e. The molecule has 1 aromatic heterocycles. The second-order valence-electron chi connectivity index (χ2n) is 3.85. The van der Waals surface area contributed by atoms with Crippen LogP contribution in [0.15, 0.2) is 0 Å². The minimum Gasteiger partial charge on any atom is -0.320 e. The van der Waals surface area contributed by atoms with E-state index in [1.165, 1.54) is 11.3 Å². The molecule has 1 aliphatic carbocycles. The average molecular weight is 239 g/mol. The Bertz CT molecular complexity index is 439. The maximum atomic E-state index is 11.5. The predicted octanol–water partition coefficient (Wildman–Crippen LogP) is 0.948. The molecule has 0 spiro atoms. The molecule has 0 aliphatic heterocycles. The van der Waals surface area contributed by atoms with Gasteiger partial charge in [-0.25, -0.2) is 4.98 Å². The fourth-order valence-corrected chi connectivity index (χ4v) is 2.56. The number of rotatable bonds is 2. The van der Waals surface area contributed by atoms with E-state index in [9.17, 15) is 9.59 Å². The first-order chi connectivity index (χ1) is 7.58. The number of fused-ring (bicyclic) bond motifs is 1. The second kappa shape index (κ2) is 4.31. The molecule has 16 heavy (non-hydrogen) atoms. The molecule has 0 unspecified atom stereocenters. The summed E-state index contributed by atoms with van der Waals surface area (Å²) in [6, 6.07) is -0.573. The number of hydrogen-bond acceptors (Lipinski definition) is 5. The number of nitrogens with one attached hydrogen (secondary N) is 1. The second-order valence-corrected chi connectivity index (χ2v) is 4.93. The number of nitrogens with two attached hydrogens (primary N) is 1. The first-order valence-electron chi connectivity index (χ1n) is 5.17. The number of carbonyl (C=O) groups is 2. The van der Waals surface area contributed by atoms with Crippen LogP contribution in [0.25, 0.3) is 0 Å². The van der Waals surface area contributed by atoms with Crippen LogP contribution in [-0.4, -0.2) is 22.7 Å². The van der Waals surface area contributed by atoms with E-state index < -0.39 is 6.04 Å². The predicted molar refractivity (Wildman–Crippen MR) is 61.7 cm³/mol. The normalized spacial score (nSPS) is 16.8. The topological polar surface area (TPSA) is 85.1 Å². The molecule has 0 fully saturated rings. The van der Waals surface area contributed by atoms with Crippen molar-refractivity contribution in [3.05, 3.63) is 10.6 Å². The van der Waals surface area contributed by atoms with Crippen molar-refractivity contribution in [3.63, 3.8) is 0 Å². The van der Waals surface area contributed by atoms with Gasteiger partial charge in [0, 0.05) is 11.3 Å². The number of ketones is 1. The first-order valence-corrected chi connectivity index (χ1v) is 5.99. The van der Waals surface area contributed by atoms with Gasteiger partial charge in [0.05, 0.1) is 6.04 Å². The van der Waals surface area contributed by atoms with E-state index in [-0.39, 0.29) is 11.7 Å². The molecule has 0 saturated carbocycles. The summed E-state index contributed by atoms with van der Waals surface area (Å²) >= 11 is 1.37. The lowest BCUT2D eigenvalue weighted by Gasteiger charge is -2.05. The minimum atomic E-state index is -0.573. The van der Waals surface area contributed by atoms with Crippen LogP contribution in [0.4, 0.5) is 5.13 Å². The van der Waals surface area contributed by atoms with Gasteiger partial charge in [-0.2, -0.15) is 0 Å². The van der Waals surface area contributed by atoms with Gasteiger partial charge in [0.2, 0.25) is 5.91 Å². The van der Waals surface area contributed by atoms with E-state index in [1.54, 1.807) is 6.92 Å². The fourth-order valence-electron chi connectivity index (χ4n) is 1.54. The molecular formula is C10H13N3O2S. The van der Waals surface area contributed by atoms with Gasteiger partial charge >= 0.3 is 0 Å². The van der Waals surface area contributed by atoms with Crippen LogP contribution in [0.3, 0.4) is 0 Å². The van der Waals surface area contributed by atoms with Crippen molar-refractivity contribution in [2.24, 2.45) is 5.73 Å². The molecule has 3 N–H and O–H groups in total. The molecule has 0 aromatic carbocycles. The molecule has 0 radical (unpaired) electrons. The van der Waals surface area contributed by atoms with Gasteiger partial charge in [-0.1, -0.05) is 0 Å². The smallest absolute Gasteiger partial charge is 0.242 e. The molecular weight excluding hydrogens is 226 g/mol. The van der Waals surface area contributed by atoms with Crippen LogP contribution in [0.1, 0.15) is 35.1 Å². The molecule has 1 atom stereocenters. The van der Waals surface area contributed by atoms with E-state index in [0.29, 0.717) is 17.2 Å². The van der Waals surface area contributed by atoms with Crippen LogP contribution in [0.2, 0.25) is 0 Å². The Hall–Kier alpha value is -1.27. The number of aryl methyl sites for hydroxylation is 1. The Labute approximate surface area is 97.1 Å². The van der Waals surface area contributed by atoms with Crippen LogP contribution < -0.4 is 11.1 Å². The molecule has 1 heterocycles. The fraction of sp³-hybridized carbons (Fsp3) is 0.500. The molecule has 1 aromatic rings. The average Bonchev–Trinajstić information content (AvgIpc) is 2.61. The van der Waals surface area contributed by atoms with E-state index in [4.69, 9.17) is 5.73 Å². The number of thiazole rings is 1. The van der Waals surface area contributed by atoms with Gasteiger partial charge < -0.3 is 11.1 Å². The Morgan fingerprint density at radius 2 is 2.31 bits per heavy atom. The zero-order valence-corrected chi connectivity index (χ0v) is 9.76. The Balaban J connectivity index is 2.18. The van der Waals surface area contributed by atoms with Gasteiger partial charge in [0.15, 0.2) is 10.9 Å². The van der Waals surface area contributed by atoms with Gasteiger partial charge in [-0.05, 0) is 19.8 Å². The molecule has 86 valence electrons. The lowest BCUT2D eigenvalue weighted by molar-refractivity contribution is -0.117. The highest BCUT2D eigenvalue weighted by Gasteiger charge is 2.23. The highest BCUT2D eigenvalue weighted by molar-refractivity contribution is 7.16. The number of amides is 1. The molecule has 0 bridgehead atoms. The van der Waals surface area contributed by atoms with Crippen molar-refractivity contribution in [1.82, 2.24) is 4.98 Å². The number of carbonyl (C=O) groups excluding carboxylic acids is 2. The Morgan fingerprint density at radius 3 is 2.94 bits per heavy atom. The summed E-state index contributed by atoms with van der Waals surface area (Å²) in [5.41, 5.74) is 5.96. The Morgan fingerprint density at radius 1 is 1.56 bits per heavy atom. The zero-order valence-electron chi connectivity index (χ0n) is 8.95. The van der Waals surface area contributed by atoms with Crippen molar-refractivity contribution >= 4 is 28.2 Å². The van der Waals surface area contributed by atoms with E-state index >= 15 is 0 Å². The first kappa shape index (κ1) is 11.2. The summed E-state index contributed by atoms with van der Waals surface area (Å²) in [6.07, 6.45) is 2.29. The molecule has 1 aliphatic rings. The number of hydrogen-bond donors (Lipinski definition) is 2. The van der Waals surface area contributed by atoms with Crippen molar-refractivity contribution in [2.45, 2.75) is 32.2 Å². The van der Waals surface area contributed by atoms with E-state index in [1.807, 2.05) is 0 Å². The third-order valence-electron chi connectivity index (χ3n) is 2.41. The number of aromatic nitrogens is 1. The highest BCUT2D eigenvalue weighted by Crippen LogP contribution is 2.29. The maximum absolute atomic E-state index is 11.5. The lowest BCUT2D eigenvalue weighted by Crippen LogP contribution is -2.32. The third kappa shape index (κ3) is 2.12. The van der Waals surface area contributed by atoms with Crippen LogP contribution in [-0.2, 0) is 11.2 Å². The van der Waals surface area contributed by atoms with Crippen LogP contribution >= 0.6 is 11.3 Å². The monoisotopic (exact) mass is 239 g/mol. The standard InChI is InChI=1S/C10H13N3O2S/c1-5(11)9(15)13-10-12-8-6(14)3-2-4-7(8)16-10/h5H,2-4,11H2,1H3,(H,12,13,15)/t5-/m1/s1. The van der Waals surface area contributed by atoms with Gasteiger partial charge in [0.25, 0.3) is 0 Å². The molecule has 5 nitrogen and oxygen atoms in total. The molecule has 6 heteroatoms. The quantitative estimate of drug-likeness (QED) is 0.804. The zero-order chi connectivity index (χ0) is 11.7. The Kier molecular flexibility index (Phi) is 3.02. The highest BCUT2D eigenvalue weighted by atomic mass is 32.1. The van der Waals surface area contributed by atoms with E-state index in [2.05, 4.69) is 10.3 Å². The summed E-state index contributed by atoms with van der Waals surface area (Å²) < 4.78 is 0. The SMILES string of the molecule is C[C@@H](N)C(=O)Nc1nc2c(s1)CCCC2=O. The number of anilines is 1.